The van der Waals surface area contributed by atoms with Crippen molar-refractivity contribution in [1.82, 2.24) is 9.80 Å². The molecule has 17 heavy (non-hydrogen) atoms. The van der Waals surface area contributed by atoms with Crippen LogP contribution in [0.1, 0.15) is 26.7 Å². The van der Waals surface area contributed by atoms with E-state index in [1.807, 2.05) is 16.7 Å². The normalized spacial score (nSPS) is 14.8. The molecule has 0 saturated carbocycles. The highest BCUT2D eigenvalue weighted by Gasteiger charge is 2.12. The Bertz CT molecular complexity index is 188. The minimum atomic E-state index is 0.174. The molecular weight excluding hydrogens is 220 g/mol. The molecule has 0 unspecified atom stereocenters. The molecule has 0 atom stereocenters. The van der Waals surface area contributed by atoms with Gasteiger partial charge in [0.1, 0.15) is 0 Å². The topological polar surface area (TPSA) is 64.0 Å². The van der Waals surface area contributed by atoms with Crippen LogP contribution in [0.15, 0.2) is 0 Å². The van der Waals surface area contributed by atoms with E-state index in [4.69, 9.17) is 10.2 Å². The number of amides is 1. The molecule has 5 heteroatoms. The van der Waals surface area contributed by atoms with E-state index in [-0.39, 0.29) is 19.1 Å². The van der Waals surface area contributed by atoms with Crippen molar-refractivity contribution in [1.29, 1.82) is 0 Å². The summed E-state index contributed by atoms with van der Waals surface area (Å²) in [5.74, 6) is 0.225. The fourth-order valence-corrected chi connectivity index (χ4v) is 1.74. The molecule has 1 aliphatic rings. The second kappa shape index (κ2) is 10.5. The fraction of sp³-hybridized carbons (Fsp3) is 0.917. The number of nitrogens with zero attached hydrogens (tertiary/aromatic N) is 2. The van der Waals surface area contributed by atoms with Crippen LogP contribution in [0.4, 0.5) is 0 Å². The highest BCUT2D eigenvalue weighted by Crippen LogP contribution is 2.06. The highest BCUT2D eigenvalue weighted by atomic mass is 16.3. The minimum absolute atomic E-state index is 0.174. The van der Waals surface area contributed by atoms with Crippen LogP contribution < -0.4 is 0 Å². The first-order valence-electron chi connectivity index (χ1n) is 6.35. The first-order chi connectivity index (χ1) is 8.15. The second-order valence-corrected chi connectivity index (χ2v) is 4.09. The van der Waals surface area contributed by atoms with Crippen molar-refractivity contribution < 1.29 is 15.0 Å². The van der Waals surface area contributed by atoms with Crippen molar-refractivity contribution in [3.05, 3.63) is 0 Å². The Labute approximate surface area is 104 Å². The Balaban J connectivity index is 0.000000302. The van der Waals surface area contributed by atoms with Crippen LogP contribution >= 0.6 is 0 Å². The van der Waals surface area contributed by atoms with Crippen LogP contribution in [0.2, 0.25) is 0 Å². The van der Waals surface area contributed by atoms with Gasteiger partial charge in [0.25, 0.3) is 0 Å². The lowest BCUT2D eigenvalue weighted by molar-refractivity contribution is -0.127. The van der Waals surface area contributed by atoms with Crippen molar-refractivity contribution in [2.24, 2.45) is 0 Å². The lowest BCUT2D eigenvalue weighted by Gasteiger charge is -2.16. The van der Waals surface area contributed by atoms with Gasteiger partial charge in [-0.2, -0.15) is 0 Å². The van der Waals surface area contributed by atoms with Gasteiger partial charge in [0.15, 0.2) is 0 Å². The molecule has 1 amide bonds. The molecular formula is C12H26N2O3. The van der Waals surface area contributed by atoms with Crippen LogP contribution in [0, 0.1) is 0 Å². The van der Waals surface area contributed by atoms with Crippen LogP contribution in [-0.2, 0) is 4.79 Å². The monoisotopic (exact) mass is 246 g/mol. The van der Waals surface area contributed by atoms with E-state index in [1.54, 1.807) is 6.92 Å². The van der Waals surface area contributed by atoms with Gasteiger partial charge in [0.05, 0.1) is 13.2 Å². The molecule has 0 aromatic rings. The van der Waals surface area contributed by atoms with Gasteiger partial charge in [0, 0.05) is 33.1 Å². The Kier molecular flexibility index (Phi) is 10.1. The van der Waals surface area contributed by atoms with Crippen molar-refractivity contribution in [2.45, 2.75) is 26.7 Å². The second-order valence-electron chi connectivity index (χ2n) is 4.09. The van der Waals surface area contributed by atoms with Gasteiger partial charge < -0.3 is 15.1 Å². The molecule has 1 rings (SSSR count). The molecule has 1 saturated heterocycles. The van der Waals surface area contributed by atoms with Gasteiger partial charge in [-0.05, 0) is 19.4 Å². The molecule has 0 radical (unpaired) electrons. The third-order valence-electron chi connectivity index (χ3n) is 2.83. The number of carbonyl (C=O) groups is 1. The third kappa shape index (κ3) is 8.12. The predicted molar refractivity (Wildman–Crippen MR) is 67.8 cm³/mol. The van der Waals surface area contributed by atoms with Crippen molar-refractivity contribution in [3.8, 4) is 0 Å². The number of aliphatic hydroxyl groups is 2. The highest BCUT2D eigenvalue weighted by molar-refractivity contribution is 5.73. The zero-order valence-corrected chi connectivity index (χ0v) is 11.1. The number of hydrogen-bond acceptors (Lipinski definition) is 4. The summed E-state index contributed by atoms with van der Waals surface area (Å²) in [6.07, 6.45) is 2.39. The summed E-state index contributed by atoms with van der Waals surface area (Å²) in [7, 11) is 0. The molecule has 1 fully saturated rings. The van der Waals surface area contributed by atoms with Crippen molar-refractivity contribution >= 4 is 5.91 Å². The maximum atomic E-state index is 10.6. The number of likely N-dealkylation sites (tertiary alicyclic amines) is 1. The SMILES string of the molecule is CC(=O)N1CCCC1.CCN(CCO)CCO. The summed E-state index contributed by atoms with van der Waals surface area (Å²) < 4.78 is 0. The van der Waals surface area contributed by atoms with Crippen molar-refractivity contribution in [2.75, 3.05) is 45.9 Å². The predicted octanol–water partition coefficient (Wildman–Crippen LogP) is -0.0784. The van der Waals surface area contributed by atoms with Gasteiger partial charge in [-0.1, -0.05) is 6.92 Å². The smallest absolute Gasteiger partial charge is 0.219 e. The van der Waals surface area contributed by atoms with Gasteiger partial charge in [0.2, 0.25) is 5.91 Å². The molecule has 1 aliphatic heterocycles. The zero-order chi connectivity index (χ0) is 13.1. The zero-order valence-electron chi connectivity index (χ0n) is 11.1. The number of hydrogen-bond donors (Lipinski definition) is 2. The van der Waals surface area contributed by atoms with Gasteiger partial charge in [-0.15, -0.1) is 0 Å². The largest absolute Gasteiger partial charge is 0.395 e. The van der Waals surface area contributed by atoms with E-state index in [9.17, 15) is 4.79 Å². The molecule has 1 heterocycles. The average Bonchev–Trinajstić information content (AvgIpc) is 2.83. The Hall–Kier alpha value is -0.650. The van der Waals surface area contributed by atoms with Gasteiger partial charge in [-0.25, -0.2) is 0 Å². The summed E-state index contributed by atoms with van der Waals surface area (Å²) in [5, 5.41) is 16.9. The molecule has 0 bridgehead atoms. The van der Waals surface area contributed by atoms with E-state index < -0.39 is 0 Å². The summed E-state index contributed by atoms with van der Waals surface area (Å²) >= 11 is 0. The number of rotatable bonds is 5. The maximum absolute atomic E-state index is 10.6. The minimum Gasteiger partial charge on any atom is -0.395 e. The first-order valence-corrected chi connectivity index (χ1v) is 6.35. The molecule has 0 spiro atoms. The van der Waals surface area contributed by atoms with Gasteiger partial charge in [-0.3, -0.25) is 9.69 Å². The molecule has 2 N–H and O–H groups in total. The number of likely N-dealkylation sites (N-methyl/N-ethyl adjacent to an activating group) is 1. The molecule has 5 nitrogen and oxygen atoms in total. The fourth-order valence-electron chi connectivity index (χ4n) is 1.74. The maximum Gasteiger partial charge on any atom is 0.219 e. The summed E-state index contributed by atoms with van der Waals surface area (Å²) in [6, 6.07) is 0. The van der Waals surface area contributed by atoms with Crippen LogP contribution in [0.3, 0.4) is 0 Å². The lowest BCUT2D eigenvalue weighted by atomic mass is 10.4. The summed E-state index contributed by atoms with van der Waals surface area (Å²) in [4.78, 5) is 14.4. The van der Waals surface area contributed by atoms with E-state index in [2.05, 4.69) is 0 Å². The lowest BCUT2D eigenvalue weighted by Crippen LogP contribution is -2.29. The van der Waals surface area contributed by atoms with E-state index in [1.165, 1.54) is 12.8 Å². The van der Waals surface area contributed by atoms with Gasteiger partial charge >= 0.3 is 0 Å². The number of aliphatic hydroxyl groups excluding tert-OH is 2. The quantitative estimate of drug-likeness (QED) is 0.712. The molecule has 102 valence electrons. The van der Waals surface area contributed by atoms with E-state index >= 15 is 0 Å². The van der Waals surface area contributed by atoms with Crippen molar-refractivity contribution in [3.63, 3.8) is 0 Å². The molecule has 0 aromatic carbocycles. The molecule has 0 aliphatic carbocycles. The van der Waals surface area contributed by atoms with Crippen LogP contribution in [0.25, 0.3) is 0 Å². The average molecular weight is 246 g/mol. The standard InChI is InChI=1S/C6H15NO2.C6H11NO/c1-2-7(3-5-8)4-6-9;1-6(8)7-4-2-3-5-7/h8-9H,2-6H2,1H3;2-5H2,1H3. The summed E-state index contributed by atoms with van der Waals surface area (Å²) in [6.45, 7) is 8.16. The third-order valence-corrected chi connectivity index (χ3v) is 2.83. The Morgan fingerprint density at radius 3 is 1.88 bits per heavy atom. The summed E-state index contributed by atoms with van der Waals surface area (Å²) in [5.41, 5.74) is 0. The molecule has 0 aromatic heterocycles. The van der Waals surface area contributed by atoms with Crippen LogP contribution in [0.5, 0.6) is 0 Å². The first kappa shape index (κ1) is 16.4. The van der Waals surface area contributed by atoms with Crippen LogP contribution in [-0.4, -0.2) is 71.9 Å². The number of carbonyl (C=O) groups excluding carboxylic acids is 1. The Morgan fingerprint density at radius 2 is 1.65 bits per heavy atom. The van der Waals surface area contributed by atoms with E-state index in [0.29, 0.717) is 13.1 Å². The van der Waals surface area contributed by atoms with E-state index in [0.717, 1.165) is 19.6 Å². The Morgan fingerprint density at radius 1 is 1.18 bits per heavy atom.